The highest BCUT2D eigenvalue weighted by atomic mass is 32.1. The summed E-state index contributed by atoms with van der Waals surface area (Å²) in [5, 5.41) is 2.75. The van der Waals surface area contributed by atoms with Crippen molar-refractivity contribution in [1.29, 1.82) is 0 Å². The van der Waals surface area contributed by atoms with Crippen LogP contribution in [0.15, 0.2) is 60.1 Å². The van der Waals surface area contributed by atoms with E-state index in [1.54, 1.807) is 25.4 Å². The molecule has 0 spiro atoms. The third kappa shape index (κ3) is 6.72. The van der Waals surface area contributed by atoms with Gasteiger partial charge >= 0.3 is 0 Å². The van der Waals surface area contributed by atoms with Crippen molar-refractivity contribution in [3.63, 3.8) is 0 Å². The third-order valence-corrected chi connectivity index (χ3v) is 5.86. The smallest absolute Gasteiger partial charge is 0.269 e. The second-order valence-corrected chi connectivity index (χ2v) is 8.98. The topological polar surface area (TPSA) is 115 Å². The zero-order valence-electron chi connectivity index (χ0n) is 20.3. The molecule has 0 unspecified atom stereocenters. The Morgan fingerprint density at radius 3 is 2.57 bits per heavy atom. The van der Waals surface area contributed by atoms with Crippen molar-refractivity contribution >= 4 is 23.2 Å². The fraction of sp³-hybridized carbons (Fsp3) is 0.192. The van der Waals surface area contributed by atoms with Crippen LogP contribution in [-0.2, 0) is 9.53 Å². The molecule has 0 bridgehead atoms. The molecule has 0 saturated heterocycles. The second-order valence-electron chi connectivity index (χ2n) is 8.08. The number of aromatic amines is 1. The van der Waals surface area contributed by atoms with Crippen molar-refractivity contribution in [2.75, 3.05) is 13.7 Å². The molecule has 9 nitrogen and oxygen atoms in total. The lowest BCUT2D eigenvalue weighted by Crippen LogP contribution is -2.40. The van der Waals surface area contributed by atoms with Crippen LogP contribution in [0.5, 0.6) is 17.2 Å². The molecule has 0 aliphatic rings. The summed E-state index contributed by atoms with van der Waals surface area (Å²) in [7, 11) is 1.59. The van der Waals surface area contributed by atoms with Crippen LogP contribution < -0.4 is 20.3 Å². The lowest BCUT2D eigenvalue weighted by Gasteiger charge is -2.16. The largest absolute Gasteiger partial charge is 0.488 e. The average molecular weight is 525 g/mol. The SMILES string of the molecule is COC[C@H](C)Oc1cc(Oc2ccc(C(=O)NNC(C)=O)cc2F)cc(-c2ccc(-c3nccs3)[nH]2)c1. The first-order chi connectivity index (χ1) is 17.8. The molecule has 11 heteroatoms. The Bertz CT molecular complexity index is 1390. The number of carbonyl (C=O) groups is 2. The molecule has 0 aliphatic carbocycles. The van der Waals surface area contributed by atoms with E-state index in [4.69, 9.17) is 14.2 Å². The highest BCUT2D eigenvalue weighted by molar-refractivity contribution is 7.13. The van der Waals surface area contributed by atoms with E-state index in [9.17, 15) is 14.0 Å². The van der Waals surface area contributed by atoms with Gasteiger partial charge in [0.05, 0.1) is 12.3 Å². The normalized spacial score (nSPS) is 11.6. The van der Waals surface area contributed by atoms with E-state index in [0.717, 1.165) is 28.0 Å². The van der Waals surface area contributed by atoms with Crippen molar-refractivity contribution in [1.82, 2.24) is 20.8 Å². The molecule has 0 fully saturated rings. The zero-order valence-corrected chi connectivity index (χ0v) is 21.1. The Morgan fingerprint density at radius 2 is 1.86 bits per heavy atom. The molecule has 0 radical (unpaired) electrons. The molecule has 37 heavy (non-hydrogen) atoms. The summed E-state index contributed by atoms with van der Waals surface area (Å²) in [5.74, 6) is -1.10. The number of carbonyl (C=O) groups excluding carboxylic acids is 2. The van der Waals surface area contributed by atoms with Gasteiger partial charge in [0.1, 0.15) is 22.6 Å². The summed E-state index contributed by atoms with van der Waals surface area (Å²) in [4.78, 5) is 30.7. The average Bonchev–Trinajstić information content (AvgIpc) is 3.56. The van der Waals surface area contributed by atoms with Crippen molar-refractivity contribution in [3.8, 4) is 39.2 Å². The quantitative estimate of drug-likeness (QED) is 0.268. The Labute approximate surface area is 216 Å². The van der Waals surface area contributed by atoms with Crippen LogP contribution in [0.1, 0.15) is 24.2 Å². The van der Waals surface area contributed by atoms with Gasteiger partial charge in [-0.25, -0.2) is 9.37 Å². The van der Waals surface area contributed by atoms with Crippen LogP contribution in [0.4, 0.5) is 4.39 Å². The molecule has 4 rings (SSSR count). The van der Waals surface area contributed by atoms with E-state index in [1.165, 1.54) is 30.4 Å². The van der Waals surface area contributed by atoms with Gasteiger partial charge in [-0.2, -0.15) is 0 Å². The van der Waals surface area contributed by atoms with Gasteiger partial charge in [-0.3, -0.25) is 20.4 Å². The van der Waals surface area contributed by atoms with Crippen LogP contribution in [0.3, 0.4) is 0 Å². The fourth-order valence-corrected chi connectivity index (χ4v) is 4.09. The summed E-state index contributed by atoms with van der Waals surface area (Å²) in [6.45, 7) is 3.50. The first-order valence-corrected chi connectivity index (χ1v) is 12.1. The number of methoxy groups -OCH3 is 1. The predicted molar refractivity (Wildman–Crippen MR) is 137 cm³/mol. The molecular formula is C26H25FN4O5S. The molecule has 2 aromatic carbocycles. The molecule has 192 valence electrons. The van der Waals surface area contributed by atoms with E-state index in [-0.39, 0.29) is 17.4 Å². The minimum Gasteiger partial charge on any atom is -0.488 e. The Kier molecular flexibility index (Phi) is 8.16. The van der Waals surface area contributed by atoms with Gasteiger partial charge in [0.2, 0.25) is 5.91 Å². The number of nitrogens with zero attached hydrogens (tertiary/aromatic N) is 1. The van der Waals surface area contributed by atoms with Gasteiger partial charge in [0.25, 0.3) is 5.91 Å². The van der Waals surface area contributed by atoms with Crippen molar-refractivity contribution in [2.24, 2.45) is 0 Å². The number of thiazole rings is 1. The molecule has 0 saturated carbocycles. The van der Waals surface area contributed by atoms with Crippen LogP contribution in [0, 0.1) is 5.82 Å². The number of hydrazine groups is 1. The molecule has 2 amide bonds. The van der Waals surface area contributed by atoms with Gasteiger partial charge in [-0.15, -0.1) is 11.3 Å². The molecule has 2 aromatic heterocycles. The summed E-state index contributed by atoms with van der Waals surface area (Å²) in [6.07, 6.45) is 1.50. The minimum atomic E-state index is -0.748. The fourth-order valence-electron chi connectivity index (χ4n) is 3.47. The molecular weight excluding hydrogens is 499 g/mol. The molecule has 2 heterocycles. The summed E-state index contributed by atoms with van der Waals surface area (Å²) in [6, 6.07) is 12.9. The van der Waals surface area contributed by atoms with Gasteiger partial charge in [0, 0.05) is 48.5 Å². The van der Waals surface area contributed by atoms with Crippen molar-refractivity contribution in [2.45, 2.75) is 20.0 Å². The highest BCUT2D eigenvalue weighted by Crippen LogP contribution is 2.35. The number of H-pyrrole nitrogens is 1. The molecule has 1 atom stereocenters. The number of hydrogen-bond donors (Lipinski definition) is 3. The number of ether oxygens (including phenoxy) is 3. The third-order valence-electron chi connectivity index (χ3n) is 5.05. The van der Waals surface area contributed by atoms with Gasteiger partial charge in [-0.05, 0) is 49.4 Å². The molecule has 0 aliphatic heterocycles. The van der Waals surface area contributed by atoms with E-state index >= 15 is 0 Å². The molecule has 3 N–H and O–H groups in total. The minimum absolute atomic E-state index is 0.0193. The standard InChI is InChI=1S/C26H25FN4O5S/c1-15(14-34-3)35-19-10-18(22-5-6-23(29-22)26-28-8-9-37-26)11-20(13-19)36-24-7-4-17(12-21(24)27)25(33)31-30-16(2)32/h4-13,15,29H,14H2,1-3H3,(H,30,32)(H,31,33)/t15-/m0/s1. The van der Waals surface area contributed by atoms with E-state index in [0.29, 0.717) is 18.1 Å². The number of hydrogen-bond acceptors (Lipinski definition) is 7. The summed E-state index contributed by atoms with van der Waals surface area (Å²) >= 11 is 1.52. The number of benzene rings is 2. The van der Waals surface area contributed by atoms with Crippen LogP contribution in [0.25, 0.3) is 22.0 Å². The Balaban J connectivity index is 1.61. The lowest BCUT2D eigenvalue weighted by molar-refractivity contribution is -0.119. The highest BCUT2D eigenvalue weighted by Gasteiger charge is 2.15. The number of rotatable bonds is 9. The van der Waals surface area contributed by atoms with E-state index in [2.05, 4.69) is 20.8 Å². The maximum Gasteiger partial charge on any atom is 0.269 e. The van der Waals surface area contributed by atoms with E-state index in [1.807, 2.05) is 30.5 Å². The Hall–Kier alpha value is -4.22. The first kappa shape index (κ1) is 25.9. The maximum absolute atomic E-state index is 14.8. The van der Waals surface area contributed by atoms with E-state index < -0.39 is 17.6 Å². The second kappa shape index (κ2) is 11.7. The Morgan fingerprint density at radius 1 is 1.08 bits per heavy atom. The van der Waals surface area contributed by atoms with Crippen LogP contribution >= 0.6 is 11.3 Å². The monoisotopic (exact) mass is 524 g/mol. The predicted octanol–water partition coefficient (Wildman–Crippen LogP) is 4.93. The van der Waals surface area contributed by atoms with Gasteiger partial charge < -0.3 is 19.2 Å². The molecule has 4 aromatic rings. The van der Waals surface area contributed by atoms with Crippen LogP contribution in [0.2, 0.25) is 0 Å². The van der Waals surface area contributed by atoms with Crippen molar-refractivity contribution in [3.05, 3.63) is 71.5 Å². The van der Waals surface area contributed by atoms with Crippen molar-refractivity contribution < 1.29 is 28.2 Å². The number of aromatic nitrogens is 2. The summed E-state index contributed by atoms with van der Waals surface area (Å²) in [5.41, 5.74) is 6.79. The van der Waals surface area contributed by atoms with Gasteiger partial charge in [-0.1, -0.05) is 0 Å². The summed E-state index contributed by atoms with van der Waals surface area (Å²) < 4.78 is 31.8. The first-order valence-electron chi connectivity index (χ1n) is 11.3. The number of nitrogens with one attached hydrogen (secondary N) is 3. The number of amides is 2. The van der Waals surface area contributed by atoms with Gasteiger partial charge in [0.15, 0.2) is 11.6 Å². The number of halogens is 1. The maximum atomic E-state index is 14.8. The zero-order chi connectivity index (χ0) is 26.4. The van der Waals surface area contributed by atoms with Crippen LogP contribution in [-0.4, -0.2) is 41.6 Å². The lowest BCUT2D eigenvalue weighted by atomic mass is 10.1.